The van der Waals surface area contributed by atoms with Crippen LogP contribution in [0.2, 0.25) is 0 Å². The molecule has 1 rings (SSSR count). The van der Waals surface area contributed by atoms with E-state index in [0.29, 0.717) is 0 Å². The van der Waals surface area contributed by atoms with Crippen molar-refractivity contribution in [3.05, 3.63) is 103 Å². The minimum atomic E-state index is 1.07. The molecule has 0 aromatic heterocycles. The second-order valence-electron chi connectivity index (χ2n) is 8.80. The lowest BCUT2D eigenvalue weighted by atomic mass is 10.0. The molecule has 0 bridgehead atoms. The third-order valence-electron chi connectivity index (χ3n) is 5.08. The van der Waals surface area contributed by atoms with E-state index in [1.807, 2.05) is 13.0 Å². The molecule has 0 aliphatic carbocycles. The molecule has 0 aliphatic rings. The van der Waals surface area contributed by atoms with Gasteiger partial charge in [0, 0.05) is 0 Å². The fourth-order valence-corrected chi connectivity index (χ4v) is 2.83. The maximum absolute atomic E-state index is 4.92. The first-order valence-electron chi connectivity index (χ1n) is 13.0. The van der Waals surface area contributed by atoms with E-state index in [2.05, 4.69) is 117 Å². The third kappa shape index (κ3) is 26.2. The number of hydrogen-bond donors (Lipinski definition) is 0. The van der Waals surface area contributed by atoms with E-state index in [4.69, 9.17) is 12.2 Å². The quantitative estimate of drug-likeness (QED) is 0.167. The second-order valence-corrected chi connectivity index (χ2v) is 9.49. The molecule has 0 amide bonds. The Balaban J connectivity index is -0.000000531. The molecule has 35 heavy (non-hydrogen) atoms. The SMILES string of the molecule is C=C.C=C(C)CCCC(C)=S.C=CC(=C\C=C(/C)c1ccc(C)cc1)/C=C(\C)CC.CCCCC. The van der Waals surface area contributed by atoms with Gasteiger partial charge in [-0.1, -0.05) is 124 Å². The molecule has 0 atom stereocenters. The minimum Gasteiger partial charge on any atom is -0.106 e. The number of unbranched alkanes of at least 4 members (excludes halogenated alkanes) is 2. The predicted octanol–water partition coefficient (Wildman–Crippen LogP) is 12.0. The summed E-state index contributed by atoms with van der Waals surface area (Å²) in [6.45, 7) is 30.7. The number of allylic oxidation sites excluding steroid dienone is 8. The normalized spacial score (nSPS) is 11.0. The summed E-state index contributed by atoms with van der Waals surface area (Å²) in [6.07, 6.45) is 16.9. The van der Waals surface area contributed by atoms with Gasteiger partial charge in [-0.3, -0.25) is 0 Å². The zero-order valence-electron chi connectivity index (χ0n) is 24.3. The van der Waals surface area contributed by atoms with Crippen LogP contribution in [0.25, 0.3) is 5.57 Å². The summed E-state index contributed by atoms with van der Waals surface area (Å²) in [5, 5.41) is 0. The molecule has 0 nitrogen and oxygen atoms in total. The van der Waals surface area contributed by atoms with E-state index in [0.717, 1.165) is 29.7 Å². The summed E-state index contributed by atoms with van der Waals surface area (Å²) in [4.78, 5) is 1.11. The zero-order valence-corrected chi connectivity index (χ0v) is 25.1. The number of hydrogen-bond acceptors (Lipinski definition) is 1. The van der Waals surface area contributed by atoms with Crippen molar-refractivity contribution in [2.45, 2.75) is 100 Å². The van der Waals surface area contributed by atoms with Crippen molar-refractivity contribution < 1.29 is 0 Å². The van der Waals surface area contributed by atoms with Gasteiger partial charge in [-0.2, -0.15) is 0 Å². The van der Waals surface area contributed by atoms with Crippen LogP contribution in [-0.4, -0.2) is 4.86 Å². The summed E-state index contributed by atoms with van der Waals surface area (Å²) in [7, 11) is 0. The molecule has 1 heteroatoms. The first-order valence-corrected chi connectivity index (χ1v) is 13.4. The summed E-state index contributed by atoms with van der Waals surface area (Å²) in [5.74, 6) is 0. The molecule has 0 unspecified atom stereocenters. The van der Waals surface area contributed by atoms with Crippen molar-refractivity contribution in [1.82, 2.24) is 0 Å². The average Bonchev–Trinajstić information content (AvgIpc) is 2.84. The van der Waals surface area contributed by atoms with Gasteiger partial charge in [0.1, 0.15) is 0 Å². The highest BCUT2D eigenvalue weighted by molar-refractivity contribution is 7.80. The van der Waals surface area contributed by atoms with E-state index in [1.165, 1.54) is 53.5 Å². The topological polar surface area (TPSA) is 0 Å². The molecule has 0 saturated heterocycles. The van der Waals surface area contributed by atoms with Crippen LogP contribution >= 0.6 is 12.2 Å². The maximum atomic E-state index is 4.92. The first-order chi connectivity index (χ1) is 16.6. The Morgan fingerprint density at radius 2 is 1.40 bits per heavy atom. The number of benzene rings is 1. The Bertz CT molecular complexity index is 768. The van der Waals surface area contributed by atoms with E-state index in [9.17, 15) is 0 Å². The van der Waals surface area contributed by atoms with Crippen LogP contribution < -0.4 is 0 Å². The summed E-state index contributed by atoms with van der Waals surface area (Å²) in [6, 6.07) is 8.61. The second kappa shape index (κ2) is 26.4. The van der Waals surface area contributed by atoms with Crippen molar-refractivity contribution in [2.24, 2.45) is 0 Å². The zero-order chi connectivity index (χ0) is 27.6. The standard InChI is InChI=1S/C19H24.C8H14S.C5H12.C2H4/c1-6-15(3)14-18(7-2)11-10-17(5)19-12-8-16(4)9-13-19;1-7(2)5-4-6-8(3)9;1-3-5-4-2;1-2/h7-14H,2,6H2,1,3-5H3;1,4-6H2,2-3H3;3-5H2,1-2H3;1-2H2/b15-14+,17-10+,18-11+;;;. The van der Waals surface area contributed by atoms with Gasteiger partial charge in [-0.15, -0.1) is 19.7 Å². The highest BCUT2D eigenvalue weighted by Crippen LogP contribution is 2.16. The summed E-state index contributed by atoms with van der Waals surface area (Å²) < 4.78 is 0. The molecule has 1 aromatic rings. The maximum Gasteiger partial charge on any atom is -0.0102 e. The Labute approximate surface area is 225 Å². The van der Waals surface area contributed by atoms with Crippen LogP contribution in [0, 0.1) is 6.92 Å². The van der Waals surface area contributed by atoms with Crippen LogP contribution in [0.5, 0.6) is 0 Å². The van der Waals surface area contributed by atoms with Crippen molar-refractivity contribution in [3.8, 4) is 0 Å². The largest absolute Gasteiger partial charge is 0.106 e. The Kier molecular flexibility index (Phi) is 28.1. The van der Waals surface area contributed by atoms with Gasteiger partial charge < -0.3 is 0 Å². The van der Waals surface area contributed by atoms with Gasteiger partial charge in [-0.05, 0) is 81.9 Å². The molecule has 1 aromatic carbocycles. The van der Waals surface area contributed by atoms with Crippen LogP contribution in [0.4, 0.5) is 0 Å². The van der Waals surface area contributed by atoms with Gasteiger partial charge in [0.15, 0.2) is 0 Å². The molecule has 0 saturated carbocycles. The Morgan fingerprint density at radius 1 is 0.857 bits per heavy atom. The molecule has 0 aliphatic heterocycles. The lowest BCUT2D eigenvalue weighted by Gasteiger charge is -2.02. The third-order valence-corrected chi connectivity index (χ3v) is 5.28. The average molecular weight is 495 g/mol. The van der Waals surface area contributed by atoms with Gasteiger partial charge in [0.05, 0.1) is 0 Å². The highest BCUT2D eigenvalue weighted by Gasteiger charge is 1.94. The molecular weight excluding hydrogens is 440 g/mol. The number of thiocarbonyl (C=S) groups is 1. The number of rotatable bonds is 11. The van der Waals surface area contributed by atoms with E-state index >= 15 is 0 Å². The van der Waals surface area contributed by atoms with Crippen molar-refractivity contribution >= 4 is 22.7 Å². The van der Waals surface area contributed by atoms with Crippen LogP contribution in [0.3, 0.4) is 0 Å². The van der Waals surface area contributed by atoms with E-state index < -0.39 is 0 Å². The highest BCUT2D eigenvalue weighted by atomic mass is 32.1. The Morgan fingerprint density at radius 3 is 1.77 bits per heavy atom. The molecule has 196 valence electrons. The van der Waals surface area contributed by atoms with Gasteiger partial charge in [0.2, 0.25) is 0 Å². The van der Waals surface area contributed by atoms with Gasteiger partial charge >= 0.3 is 0 Å². The van der Waals surface area contributed by atoms with E-state index in [-0.39, 0.29) is 0 Å². The van der Waals surface area contributed by atoms with Crippen LogP contribution in [-0.2, 0) is 0 Å². The number of aryl methyl sites for hydroxylation is 1. The fraction of sp³-hybridized carbons (Fsp3) is 0.441. The monoisotopic (exact) mass is 494 g/mol. The molecule has 0 fully saturated rings. The lowest BCUT2D eigenvalue weighted by Crippen LogP contribution is -1.85. The smallest absolute Gasteiger partial charge is 0.0102 e. The minimum absolute atomic E-state index is 1.07. The molecule has 0 radical (unpaired) electrons. The van der Waals surface area contributed by atoms with Crippen LogP contribution in [0.15, 0.2) is 91.6 Å². The molecule has 0 N–H and O–H groups in total. The van der Waals surface area contributed by atoms with Crippen molar-refractivity contribution in [1.29, 1.82) is 0 Å². The lowest BCUT2D eigenvalue weighted by molar-refractivity contribution is 0.772. The van der Waals surface area contributed by atoms with E-state index in [1.54, 1.807) is 0 Å². The summed E-state index contributed by atoms with van der Waals surface area (Å²) >= 11 is 4.92. The predicted molar refractivity (Wildman–Crippen MR) is 171 cm³/mol. The molecule has 0 spiro atoms. The first kappa shape index (κ1) is 37.3. The molecular formula is C34H54S. The molecule has 0 heterocycles. The van der Waals surface area contributed by atoms with Crippen molar-refractivity contribution in [2.75, 3.05) is 0 Å². The van der Waals surface area contributed by atoms with Crippen LogP contribution in [0.1, 0.15) is 105 Å². The van der Waals surface area contributed by atoms with Crippen molar-refractivity contribution in [3.63, 3.8) is 0 Å². The summed E-state index contributed by atoms with van der Waals surface area (Å²) in [5.41, 5.74) is 7.60. The van der Waals surface area contributed by atoms with Gasteiger partial charge in [-0.25, -0.2) is 0 Å². The fourth-order valence-electron chi connectivity index (χ4n) is 2.69. The van der Waals surface area contributed by atoms with Gasteiger partial charge in [0.25, 0.3) is 0 Å². The Hall–Kier alpha value is -2.25.